The van der Waals surface area contributed by atoms with Gasteiger partial charge in [-0.2, -0.15) is 18.3 Å². The van der Waals surface area contributed by atoms with E-state index < -0.39 is 34.9 Å². The van der Waals surface area contributed by atoms with Crippen molar-refractivity contribution in [3.05, 3.63) is 22.1 Å². The number of aromatic amines is 1. The molecule has 0 aliphatic carbocycles. The molecule has 0 radical (unpaired) electrons. The van der Waals surface area contributed by atoms with E-state index in [1.165, 1.54) is 0 Å². The first-order valence-corrected chi connectivity index (χ1v) is 5.03. The molecular formula is C9H9F3N4O2. The lowest BCUT2D eigenvalue weighted by atomic mass is 10.0. The van der Waals surface area contributed by atoms with Crippen molar-refractivity contribution >= 4 is 11.6 Å². The lowest BCUT2D eigenvalue weighted by Gasteiger charge is -2.41. The Balaban J connectivity index is 2.49. The standard InChI is InChI=1S/C9H9F3N4O2/c10-9(11,12)6-5(3-14-15-8(6)18)16-2-1-4(16)7(13)17/h3-4H,1-2H2,(H2,13,17)(H,15,18). The molecule has 0 saturated carbocycles. The molecule has 1 aromatic heterocycles. The highest BCUT2D eigenvalue weighted by Crippen LogP contribution is 2.36. The van der Waals surface area contributed by atoms with Gasteiger partial charge in [0.1, 0.15) is 11.6 Å². The summed E-state index contributed by atoms with van der Waals surface area (Å²) in [6.07, 6.45) is -3.58. The van der Waals surface area contributed by atoms with Crippen LogP contribution in [0.1, 0.15) is 12.0 Å². The summed E-state index contributed by atoms with van der Waals surface area (Å²) in [6.45, 7) is 0.224. The maximum absolute atomic E-state index is 12.8. The van der Waals surface area contributed by atoms with E-state index in [1.807, 2.05) is 0 Å². The maximum atomic E-state index is 12.8. The molecule has 0 aromatic carbocycles. The number of anilines is 1. The first-order chi connectivity index (χ1) is 8.32. The molecule has 1 fully saturated rings. The van der Waals surface area contributed by atoms with Gasteiger partial charge in [-0.25, -0.2) is 5.10 Å². The van der Waals surface area contributed by atoms with Gasteiger partial charge in [0.2, 0.25) is 5.91 Å². The van der Waals surface area contributed by atoms with Crippen molar-refractivity contribution in [2.75, 3.05) is 11.4 Å². The van der Waals surface area contributed by atoms with E-state index in [2.05, 4.69) is 5.10 Å². The van der Waals surface area contributed by atoms with Crippen LogP contribution in [-0.2, 0) is 11.0 Å². The van der Waals surface area contributed by atoms with Gasteiger partial charge in [0.15, 0.2) is 0 Å². The zero-order valence-electron chi connectivity index (χ0n) is 8.99. The number of H-pyrrole nitrogens is 1. The van der Waals surface area contributed by atoms with Crippen LogP contribution in [0.2, 0.25) is 0 Å². The van der Waals surface area contributed by atoms with Crippen molar-refractivity contribution in [1.82, 2.24) is 10.2 Å². The third-order valence-electron chi connectivity index (χ3n) is 2.78. The molecule has 1 aliphatic heterocycles. The minimum absolute atomic E-state index is 0.224. The van der Waals surface area contributed by atoms with Gasteiger partial charge in [-0.1, -0.05) is 0 Å². The predicted molar refractivity (Wildman–Crippen MR) is 54.8 cm³/mol. The van der Waals surface area contributed by atoms with E-state index in [1.54, 1.807) is 5.10 Å². The van der Waals surface area contributed by atoms with Gasteiger partial charge >= 0.3 is 6.18 Å². The molecule has 18 heavy (non-hydrogen) atoms. The minimum atomic E-state index is -4.82. The average Bonchev–Trinajstić information content (AvgIpc) is 2.12. The zero-order chi connectivity index (χ0) is 13.5. The third-order valence-corrected chi connectivity index (χ3v) is 2.78. The molecule has 2 heterocycles. The van der Waals surface area contributed by atoms with Crippen molar-refractivity contribution < 1.29 is 18.0 Å². The van der Waals surface area contributed by atoms with E-state index in [9.17, 15) is 22.8 Å². The fourth-order valence-electron chi connectivity index (χ4n) is 1.85. The van der Waals surface area contributed by atoms with Crippen LogP contribution in [0.15, 0.2) is 11.0 Å². The van der Waals surface area contributed by atoms with Crippen LogP contribution in [-0.4, -0.2) is 28.7 Å². The van der Waals surface area contributed by atoms with Crippen LogP contribution in [0.3, 0.4) is 0 Å². The average molecular weight is 262 g/mol. The Hall–Kier alpha value is -2.06. The summed E-state index contributed by atoms with van der Waals surface area (Å²) in [5, 5.41) is 5.05. The monoisotopic (exact) mass is 262 g/mol. The fraction of sp³-hybridized carbons (Fsp3) is 0.444. The number of hydrogen-bond donors (Lipinski definition) is 2. The number of carbonyl (C=O) groups is 1. The van der Waals surface area contributed by atoms with Crippen molar-refractivity contribution in [2.45, 2.75) is 18.6 Å². The number of nitrogens with one attached hydrogen (secondary N) is 1. The Kier molecular flexibility index (Phi) is 2.76. The summed E-state index contributed by atoms with van der Waals surface area (Å²) in [7, 11) is 0. The number of alkyl halides is 3. The lowest BCUT2D eigenvalue weighted by molar-refractivity contribution is -0.138. The number of rotatable bonds is 2. The Labute approximate surface area is 98.6 Å². The molecule has 1 aliphatic rings. The molecule has 1 amide bonds. The Bertz CT molecular complexity index is 539. The van der Waals surface area contributed by atoms with Gasteiger partial charge in [-0.15, -0.1) is 0 Å². The SMILES string of the molecule is NC(=O)C1CCN1c1cn[nH]c(=O)c1C(F)(F)F. The summed E-state index contributed by atoms with van der Waals surface area (Å²) in [6, 6.07) is -0.824. The predicted octanol–water partition coefficient (Wildman–Crippen LogP) is -0.147. The summed E-state index contributed by atoms with van der Waals surface area (Å²) < 4.78 is 38.3. The molecule has 0 spiro atoms. The number of halogens is 3. The molecule has 98 valence electrons. The Morgan fingerprint density at radius 3 is 2.67 bits per heavy atom. The minimum Gasteiger partial charge on any atom is -0.368 e. The van der Waals surface area contributed by atoms with Gasteiger partial charge in [0, 0.05) is 6.54 Å². The molecule has 1 saturated heterocycles. The molecule has 1 atom stereocenters. The number of nitrogens with two attached hydrogens (primary N) is 1. The van der Waals surface area contributed by atoms with Crippen molar-refractivity contribution in [2.24, 2.45) is 5.73 Å². The van der Waals surface area contributed by atoms with Gasteiger partial charge in [-0.05, 0) is 6.42 Å². The smallest absolute Gasteiger partial charge is 0.368 e. The highest BCUT2D eigenvalue weighted by Gasteiger charge is 2.42. The molecular weight excluding hydrogens is 253 g/mol. The first kappa shape index (κ1) is 12.4. The largest absolute Gasteiger partial charge is 0.423 e. The topological polar surface area (TPSA) is 92.1 Å². The van der Waals surface area contributed by atoms with Gasteiger partial charge in [0.05, 0.1) is 11.9 Å². The van der Waals surface area contributed by atoms with Gasteiger partial charge < -0.3 is 10.6 Å². The lowest BCUT2D eigenvalue weighted by Crippen LogP contribution is -2.56. The van der Waals surface area contributed by atoms with Crippen LogP contribution in [0.25, 0.3) is 0 Å². The molecule has 3 N–H and O–H groups in total. The summed E-state index contributed by atoms with van der Waals surface area (Å²) in [5.41, 5.74) is 1.94. The number of nitrogens with zero attached hydrogens (tertiary/aromatic N) is 2. The Morgan fingerprint density at radius 2 is 2.22 bits per heavy atom. The van der Waals surface area contributed by atoms with E-state index in [-0.39, 0.29) is 6.54 Å². The van der Waals surface area contributed by atoms with Crippen LogP contribution in [0, 0.1) is 0 Å². The fourth-order valence-corrected chi connectivity index (χ4v) is 1.85. The number of amides is 1. The van der Waals surface area contributed by atoms with Crippen LogP contribution in [0.5, 0.6) is 0 Å². The zero-order valence-corrected chi connectivity index (χ0v) is 8.99. The second-order valence-electron chi connectivity index (χ2n) is 3.86. The number of primary amides is 1. The normalized spacial score (nSPS) is 19.5. The van der Waals surface area contributed by atoms with Crippen LogP contribution in [0.4, 0.5) is 18.9 Å². The number of hydrogen-bond acceptors (Lipinski definition) is 4. The highest BCUT2D eigenvalue weighted by atomic mass is 19.4. The molecule has 1 unspecified atom stereocenters. The molecule has 6 nitrogen and oxygen atoms in total. The number of aromatic nitrogens is 2. The van der Waals surface area contributed by atoms with E-state index in [0.717, 1.165) is 11.1 Å². The quantitative estimate of drug-likeness (QED) is 0.775. The maximum Gasteiger partial charge on any atom is 0.423 e. The molecule has 9 heteroatoms. The van der Waals surface area contributed by atoms with Gasteiger partial charge in [0.25, 0.3) is 5.56 Å². The van der Waals surface area contributed by atoms with Crippen molar-refractivity contribution in [3.8, 4) is 0 Å². The highest BCUT2D eigenvalue weighted by molar-refractivity contribution is 5.85. The molecule has 1 aromatic rings. The number of carbonyl (C=O) groups excluding carboxylic acids is 1. The summed E-state index contributed by atoms with van der Waals surface area (Å²) in [5.74, 6) is -0.727. The van der Waals surface area contributed by atoms with Gasteiger partial charge in [-0.3, -0.25) is 9.59 Å². The Morgan fingerprint density at radius 1 is 1.56 bits per heavy atom. The summed E-state index contributed by atoms with van der Waals surface area (Å²) >= 11 is 0. The van der Waals surface area contributed by atoms with Crippen LogP contribution < -0.4 is 16.2 Å². The first-order valence-electron chi connectivity index (χ1n) is 5.03. The van der Waals surface area contributed by atoms with Crippen molar-refractivity contribution in [3.63, 3.8) is 0 Å². The van der Waals surface area contributed by atoms with E-state index in [4.69, 9.17) is 5.73 Å². The van der Waals surface area contributed by atoms with E-state index >= 15 is 0 Å². The second-order valence-corrected chi connectivity index (χ2v) is 3.86. The van der Waals surface area contributed by atoms with Crippen molar-refractivity contribution in [1.29, 1.82) is 0 Å². The molecule has 0 bridgehead atoms. The molecule has 2 rings (SSSR count). The second kappa shape index (κ2) is 4.00. The third kappa shape index (κ3) is 1.91. The van der Waals surface area contributed by atoms with E-state index in [0.29, 0.717) is 6.42 Å². The summed E-state index contributed by atoms with van der Waals surface area (Å²) in [4.78, 5) is 23.4. The van der Waals surface area contributed by atoms with Crippen LogP contribution >= 0.6 is 0 Å².